The zero-order valence-corrected chi connectivity index (χ0v) is 13.7. The van der Waals surface area contributed by atoms with Crippen LogP contribution < -0.4 is 5.32 Å². The van der Waals surface area contributed by atoms with Gasteiger partial charge in [-0.1, -0.05) is 6.07 Å². The lowest BCUT2D eigenvalue weighted by atomic mass is 9.99. The molecule has 2 aliphatic heterocycles. The van der Waals surface area contributed by atoms with E-state index < -0.39 is 0 Å². The van der Waals surface area contributed by atoms with E-state index in [1.807, 2.05) is 18.0 Å². The number of urea groups is 1. The third-order valence-corrected chi connectivity index (χ3v) is 4.97. The van der Waals surface area contributed by atoms with Crippen molar-refractivity contribution < 1.29 is 9.18 Å². The maximum atomic E-state index is 13.7. The molecule has 124 valence electrons. The number of benzene rings is 1. The Kier molecular flexibility index (Phi) is 3.48. The highest BCUT2D eigenvalue weighted by molar-refractivity contribution is 5.90. The van der Waals surface area contributed by atoms with Gasteiger partial charge in [-0.2, -0.15) is 0 Å². The Balaban J connectivity index is 1.59. The number of aryl methyl sites for hydroxylation is 2. The normalized spacial score (nSPS) is 21.5. The molecule has 2 bridgehead atoms. The van der Waals surface area contributed by atoms with Crippen molar-refractivity contribution in [3.8, 4) is 0 Å². The van der Waals surface area contributed by atoms with Crippen molar-refractivity contribution in [1.82, 2.24) is 14.9 Å². The van der Waals surface area contributed by atoms with Crippen molar-refractivity contribution in [2.45, 2.75) is 45.2 Å². The summed E-state index contributed by atoms with van der Waals surface area (Å²) in [5.74, 6) is 0.449. The quantitative estimate of drug-likeness (QED) is 0.872. The van der Waals surface area contributed by atoms with Gasteiger partial charge in [-0.05, 0) is 44.4 Å². The van der Waals surface area contributed by atoms with Gasteiger partial charge in [0.05, 0.1) is 11.7 Å². The molecule has 24 heavy (non-hydrogen) atoms. The fourth-order valence-corrected chi connectivity index (χ4v) is 3.75. The van der Waals surface area contributed by atoms with Gasteiger partial charge in [0.2, 0.25) is 0 Å². The molecule has 0 spiro atoms. The fourth-order valence-electron chi connectivity index (χ4n) is 3.75. The number of nitrogens with zero attached hydrogens (tertiary/aromatic N) is 3. The summed E-state index contributed by atoms with van der Waals surface area (Å²) < 4.78 is 13.7. The molecular formula is C18H19FN4O. The van der Waals surface area contributed by atoms with Crippen LogP contribution in [-0.4, -0.2) is 26.9 Å². The van der Waals surface area contributed by atoms with E-state index in [1.165, 1.54) is 6.07 Å². The number of halogens is 1. The Morgan fingerprint density at radius 2 is 2.17 bits per heavy atom. The van der Waals surface area contributed by atoms with Crippen molar-refractivity contribution in [1.29, 1.82) is 0 Å². The smallest absolute Gasteiger partial charge is 0.314 e. The van der Waals surface area contributed by atoms with Gasteiger partial charge in [0.1, 0.15) is 11.6 Å². The largest absolute Gasteiger partial charge is 0.322 e. The molecule has 0 aliphatic carbocycles. The molecule has 6 heteroatoms. The van der Waals surface area contributed by atoms with Gasteiger partial charge in [-0.25, -0.2) is 19.2 Å². The van der Waals surface area contributed by atoms with Gasteiger partial charge < -0.3 is 10.2 Å². The Morgan fingerprint density at radius 3 is 2.96 bits per heavy atom. The summed E-state index contributed by atoms with van der Waals surface area (Å²) in [6, 6.07) is 4.72. The van der Waals surface area contributed by atoms with E-state index in [-0.39, 0.29) is 23.9 Å². The van der Waals surface area contributed by atoms with Crippen LogP contribution >= 0.6 is 0 Å². The molecule has 5 nitrogen and oxygen atoms in total. The lowest BCUT2D eigenvalue weighted by Crippen LogP contribution is -2.44. The van der Waals surface area contributed by atoms with Gasteiger partial charge in [0, 0.05) is 29.9 Å². The van der Waals surface area contributed by atoms with Crippen molar-refractivity contribution in [3.05, 3.63) is 52.9 Å². The number of fused-ring (bicyclic) bond motifs is 4. The van der Waals surface area contributed by atoms with Crippen molar-refractivity contribution >= 4 is 11.7 Å². The van der Waals surface area contributed by atoms with E-state index >= 15 is 0 Å². The number of carbonyl (C=O) groups excluding carboxylic acids is 1. The summed E-state index contributed by atoms with van der Waals surface area (Å²) in [5, 5.41) is 2.83. The molecule has 1 N–H and O–H groups in total. The summed E-state index contributed by atoms with van der Waals surface area (Å²) >= 11 is 0. The first-order valence-corrected chi connectivity index (χ1v) is 8.21. The van der Waals surface area contributed by atoms with Gasteiger partial charge in [0.25, 0.3) is 0 Å². The number of anilines is 1. The predicted octanol–water partition coefficient (Wildman–Crippen LogP) is 3.53. The predicted molar refractivity (Wildman–Crippen MR) is 88.2 cm³/mol. The van der Waals surface area contributed by atoms with Crippen LogP contribution in [0.4, 0.5) is 14.9 Å². The summed E-state index contributed by atoms with van der Waals surface area (Å²) in [6.07, 6.45) is 4.47. The molecule has 2 aliphatic rings. The number of rotatable bonds is 1. The zero-order chi connectivity index (χ0) is 16.8. The SMILES string of the molecule is Cc1ncc2c(n1)CC1CCC2N1C(=O)Nc1ccc(C)c(F)c1. The van der Waals surface area contributed by atoms with Gasteiger partial charge >= 0.3 is 6.03 Å². The lowest BCUT2D eigenvalue weighted by Gasteiger charge is -2.35. The van der Waals surface area contributed by atoms with E-state index in [9.17, 15) is 9.18 Å². The van der Waals surface area contributed by atoms with E-state index in [0.29, 0.717) is 11.3 Å². The van der Waals surface area contributed by atoms with Crippen LogP contribution in [0.2, 0.25) is 0 Å². The fraction of sp³-hybridized carbons (Fsp3) is 0.389. The maximum absolute atomic E-state index is 13.7. The molecule has 0 saturated carbocycles. The third kappa shape index (κ3) is 2.42. The number of carbonyl (C=O) groups is 1. The first-order valence-electron chi connectivity index (χ1n) is 8.21. The molecule has 2 unspecified atom stereocenters. The van der Waals surface area contributed by atoms with E-state index in [0.717, 1.165) is 36.3 Å². The van der Waals surface area contributed by atoms with E-state index in [2.05, 4.69) is 15.3 Å². The minimum absolute atomic E-state index is 0.00893. The molecule has 2 amide bonds. The average molecular weight is 326 g/mol. The van der Waals surface area contributed by atoms with E-state index in [1.54, 1.807) is 19.1 Å². The summed E-state index contributed by atoms with van der Waals surface area (Å²) in [7, 11) is 0. The molecule has 3 heterocycles. The molecular weight excluding hydrogens is 307 g/mol. The second kappa shape index (κ2) is 5.54. The number of nitrogens with one attached hydrogen (secondary N) is 1. The van der Waals surface area contributed by atoms with Crippen LogP contribution in [0.1, 0.15) is 41.5 Å². The molecule has 1 aromatic heterocycles. The van der Waals surface area contributed by atoms with Crippen molar-refractivity contribution in [3.63, 3.8) is 0 Å². The van der Waals surface area contributed by atoms with Gasteiger partial charge in [-0.3, -0.25) is 0 Å². The van der Waals surface area contributed by atoms with Crippen molar-refractivity contribution in [2.75, 3.05) is 5.32 Å². The first-order chi connectivity index (χ1) is 11.5. The molecule has 4 rings (SSSR count). The third-order valence-electron chi connectivity index (χ3n) is 4.97. The summed E-state index contributed by atoms with van der Waals surface area (Å²) in [6.45, 7) is 3.58. The highest BCUT2D eigenvalue weighted by Crippen LogP contribution is 2.43. The lowest BCUT2D eigenvalue weighted by molar-refractivity contribution is 0.178. The molecule has 2 atom stereocenters. The average Bonchev–Trinajstić information content (AvgIpc) is 2.86. The Hall–Kier alpha value is -2.50. The molecule has 1 aromatic carbocycles. The van der Waals surface area contributed by atoms with Gasteiger partial charge in [-0.15, -0.1) is 0 Å². The van der Waals surface area contributed by atoms with Crippen LogP contribution in [0, 0.1) is 19.7 Å². The maximum Gasteiger partial charge on any atom is 0.322 e. The minimum Gasteiger partial charge on any atom is -0.314 e. The topological polar surface area (TPSA) is 58.1 Å². The molecule has 1 fully saturated rings. The Morgan fingerprint density at radius 1 is 1.33 bits per heavy atom. The second-order valence-corrected chi connectivity index (χ2v) is 6.57. The highest BCUT2D eigenvalue weighted by atomic mass is 19.1. The van der Waals surface area contributed by atoms with Gasteiger partial charge in [0.15, 0.2) is 0 Å². The second-order valence-electron chi connectivity index (χ2n) is 6.57. The van der Waals surface area contributed by atoms with Crippen LogP contribution in [0.25, 0.3) is 0 Å². The van der Waals surface area contributed by atoms with Crippen LogP contribution in [0.15, 0.2) is 24.4 Å². The highest BCUT2D eigenvalue weighted by Gasteiger charge is 2.43. The number of amides is 2. The van der Waals surface area contributed by atoms with E-state index in [4.69, 9.17) is 0 Å². The standard InChI is InChI=1S/C18H19FN4O/c1-10-3-4-12(7-15(10)19)22-18(24)23-13-5-6-17(23)14-9-20-11(2)21-16(14)8-13/h3-4,7,9,13,17H,5-6,8H2,1-2H3,(H,22,24). The zero-order valence-electron chi connectivity index (χ0n) is 13.7. The monoisotopic (exact) mass is 326 g/mol. The minimum atomic E-state index is -0.316. The Labute approximate surface area is 139 Å². The Bertz CT molecular complexity index is 823. The first kappa shape index (κ1) is 15.1. The van der Waals surface area contributed by atoms with Crippen LogP contribution in [-0.2, 0) is 6.42 Å². The molecule has 0 radical (unpaired) electrons. The number of hydrogen-bond donors (Lipinski definition) is 1. The number of aromatic nitrogens is 2. The van der Waals surface area contributed by atoms with Crippen LogP contribution in [0.5, 0.6) is 0 Å². The summed E-state index contributed by atoms with van der Waals surface area (Å²) in [4.78, 5) is 23.5. The van der Waals surface area contributed by atoms with Crippen molar-refractivity contribution in [2.24, 2.45) is 0 Å². The summed E-state index contributed by atoms with van der Waals surface area (Å²) in [5.41, 5.74) is 3.14. The molecule has 1 saturated heterocycles. The van der Waals surface area contributed by atoms with Crippen LogP contribution in [0.3, 0.4) is 0 Å². The number of hydrogen-bond acceptors (Lipinski definition) is 3. The molecule has 2 aromatic rings.